The molecule has 5 nitrogen and oxygen atoms in total. The molecule has 0 aliphatic heterocycles. The molecule has 0 aromatic carbocycles. The van der Waals surface area contributed by atoms with Crippen molar-refractivity contribution in [3.8, 4) is 0 Å². The molecule has 0 atom stereocenters. The monoisotopic (exact) mass is 261 g/mol. The molecule has 0 bridgehead atoms. The topological polar surface area (TPSA) is 85.1 Å². The van der Waals surface area contributed by atoms with Crippen LogP contribution >= 0.6 is 0 Å². The van der Waals surface area contributed by atoms with Crippen molar-refractivity contribution in [2.45, 2.75) is 44.1 Å². The van der Waals surface area contributed by atoms with Gasteiger partial charge >= 0.3 is 11.8 Å². The van der Waals surface area contributed by atoms with Crippen LogP contribution < -0.4 is 11.1 Å². The van der Waals surface area contributed by atoms with Crippen molar-refractivity contribution in [3.63, 3.8) is 0 Å². The number of pyridine rings is 1. The molecule has 2 rings (SSSR count). The van der Waals surface area contributed by atoms with Gasteiger partial charge in [0.1, 0.15) is 0 Å². The number of carbonyl (C=O) groups excluding carboxylic acids is 2. The van der Waals surface area contributed by atoms with E-state index in [0.29, 0.717) is 6.42 Å². The summed E-state index contributed by atoms with van der Waals surface area (Å²) in [6, 6.07) is 3.87. The maximum absolute atomic E-state index is 11.6. The number of primary amides is 1. The van der Waals surface area contributed by atoms with E-state index >= 15 is 0 Å². The van der Waals surface area contributed by atoms with Crippen molar-refractivity contribution in [3.05, 3.63) is 30.1 Å². The number of hydrogen-bond acceptors (Lipinski definition) is 3. The minimum atomic E-state index is -0.917. The number of rotatable bonds is 3. The fourth-order valence-corrected chi connectivity index (χ4v) is 2.77. The van der Waals surface area contributed by atoms with Gasteiger partial charge in [0.2, 0.25) is 0 Å². The first kappa shape index (κ1) is 13.5. The normalized spacial score (nSPS) is 17.7. The van der Waals surface area contributed by atoms with E-state index in [-0.39, 0.29) is 5.54 Å². The highest BCUT2D eigenvalue weighted by Gasteiger charge is 2.34. The van der Waals surface area contributed by atoms with Crippen molar-refractivity contribution in [2.75, 3.05) is 0 Å². The lowest BCUT2D eigenvalue weighted by Gasteiger charge is -2.38. The summed E-state index contributed by atoms with van der Waals surface area (Å²) in [5.74, 6) is -1.60. The van der Waals surface area contributed by atoms with Crippen LogP contribution in [0.2, 0.25) is 0 Å². The largest absolute Gasteiger partial charge is 0.361 e. The van der Waals surface area contributed by atoms with Crippen LogP contribution in [0.15, 0.2) is 24.5 Å². The molecule has 0 saturated heterocycles. The van der Waals surface area contributed by atoms with Gasteiger partial charge in [-0.25, -0.2) is 0 Å². The third kappa shape index (κ3) is 3.53. The number of nitrogens with zero attached hydrogens (tertiary/aromatic N) is 1. The predicted molar refractivity (Wildman–Crippen MR) is 71.1 cm³/mol. The van der Waals surface area contributed by atoms with Gasteiger partial charge in [0.15, 0.2) is 0 Å². The third-order valence-corrected chi connectivity index (χ3v) is 3.71. The standard InChI is InChI=1S/C14H19N3O2/c15-12(18)13(19)17-14(6-2-1-3-7-14)10-11-4-8-16-9-5-11/h4-5,8-9H,1-3,6-7,10H2,(H2,15,18)(H,17,19). The summed E-state index contributed by atoms with van der Waals surface area (Å²) in [6.45, 7) is 0. The zero-order valence-electron chi connectivity index (χ0n) is 10.9. The Bertz CT molecular complexity index is 453. The lowest BCUT2D eigenvalue weighted by atomic mass is 9.77. The highest BCUT2D eigenvalue weighted by Crippen LogP contribution is 2.31. The fourth-order valence-electron chi connectivity index (χ4n) is 2.77. The third-order valence-electron chi connectivity index (χ3n) is 3.71. The number of hydrogen-bond donors (Lipinski definition) is 2. The fraction of sp³-hybridized carbons (Fsp3) is 0.500. The average Bonchev–Trinajstić information content (AvgIpc) is 2.40. The Hall–Kier alpha value is -1.91. The molecule has 1 aliphatic carbocycles. The molecular formula is C14H19N3O2. The van der Waals surface area contributed by atoms with Crippen molar-refractivity contribution in [1.82, 2.24) is 10.3 Å². The summed E-state index contributed by atoms with van der Waals surface area (Å²) in [5, 5.41) is 2.85. The van der Waals surface area contributed by atoms with Crippen LogP contribution in [0.1, 0.15) is 37.7 Å². The number of amides is 2. The zero-order chi connectivity index (χ0) is 13.7. The molecule has 3 N–H and O–H groups in total. The van der Waals surface area contributed by atoms with Crippen LogP contribution in [-0.2, 0) is 16.0 Å². The summed E-state index contributed by atoms with van der Waals surface area (Å²) in [6.07, 6.45) is 9.25. The van der Waals surface area contributed by atoms with E-state index in [1.54, 1.807) is 12.4 Å². The minimum absolute atomic E-state index is 0.342. The highest BCUT2D eigenvalue weighted by molar-refractivity contribution is 6.34. The van der Waals surface area contributed by atoms with Gasteiger partial charge in [-0.2, -0.15) is 0 Å². The summed E-state index contributed by atoms with van der Waals surface area (Å²) >= 11 is 0. The first-order valence-corrected chi connectivity index (χ1v) is 6.62. The van der Waals surface area contributed by atoms with Crippen LogP contribution in [0, 0.1) is 0 Å². The molecule has 1 aliphatic rings. The number of nitrogens with two attached hydrogens (primary N) is 1. The molecule has 1 fully saturated rings. The van der Waals surface area contributed by atoms with Gasteiger partial charge in [-0.3, -0.25) is 14.6 Å². The van der Waals surface area contributed by atoms with E-state index in [0.717, 1.165) is 31.2 Å². The Morgan fingerprint density at radius 1 is 1.21 bits per heavy atom. The average molecular weight is 261 g/mol. The van der Waals surface area contributed by atoms with Gasteiger partial charge in [0, 0.05) is 17.9 Å². The Morgan fingerprint density at radius 3 is 2.42 bits per heavy atom. The Balaban J connectivity index is 2.14. The van der Waals surface area contributed by atoms with Gasteiger partial charge < -0.3 is 11.1 Å². The molecule has 2 amide bonds. The predicted octanol–water partition coefficient (Wildman–Crippen LogP) is 0.929. The van der Waals surface area contributed by atoms with E-state index in [9.17, 15) is 9.59 Å². The Kier molecular flexibility index (Phi) is 4.14. The number of carbonyl (C=O) groups is 2. The van der Waals surface area contributed by atoms with E-state index in [1.165, 1.54) is 6.42 Å². The lowest BCUT2D eigenvalue weighted by Crippen LogP contribution is -2.54. The van der Waals surface area contributed by atoms with Crippen molar-refractivity contribution in [1.29, 1.82) is 0 Å². The molecule has 19 heavy (non-hydrogen) atoms. The lowest BCUT2D eigenvalue weighted by molar-refractivity contribution is -0.138. The second-order valence-electron chi connectivity index (χ2n) is 5.19. The first-order valence-electron chi connectivity index (χ1n) is 6.62. The Morgan fingerprint density at radius 2 is 1.84 bits per heavy atom. The molecular weight excluding hydrogens is 242 g/mol. The van der Waals surface area contributed by atoms with Crippen LogP contribution in [0.25, 0.3) is 0 Å². The van der Waals surface area contributed by atoms with E-state index in [2.05, 4.69) is 10.3 Å². The van der Waals surface area contributed by atoms with Crippen molar-refractivity contribution in [2.24, 2.45) is 5.73 Å². The van der Waals surface area contributed by atoms with Crippen LogP contribution in [0.3, 0.4) is 0 Å². The minimum Gasteiger partial charge on any atom is -0.361 e. The van der Waals surface area contributed by atoms with Gasteiger partial charge in [0.25, 0.3) is 0 Å². The van der Waals surface area contributed by atoms with E-state index in [1.807, 2.05) is 12.1 Å². The van der Waals surface area contributed by atoms with E-state index in [4.69, 9.17) is 5.73 Å². The molecule has 0 spiro atoms. The number of aromatic nitrogens is 1. The molecule has 1 aromatic heterocycles. The highest BCUT2D eigenvalue weighted by atomic mass is 16.2. The number of nitrogens with one attached hydrogen (secondary N) is 1. The van der Waals surface area contributed by atoms with Crippen LogP contribution in [0.5, 0.6) is 0 Å². The Labute approximate surface area is 112 Å². The summed E-state index contributed by atoms with van der Waals surface area (Å²) in [5.41, 5.74) is 5.82. The second kappa shape index (κ2) is 5.82. The molecule has 1 aromatic rings. The molecule has 0 unspecified atom stereocenters. The van der Waals surface area contributed by atoms with E-state index < -0.39 is 11.8 Å². The SMILES string of the molecule is NC(=O)C(=O)NC1(Cc2ccncc2)CCCCC1. The molecule has 1 saturated carbocycles. The van der Waals surface area contributed by atoms with Gasteiger partial charge in [-0.1, -0.05) is 19.3 Å². The van der Waals surface area contributed by atoms with Crippen LogP contribution in [-0.4, -0.2) is 22.3 Å². The summed E-state index contributed by atoms with van der Waals surface area (Å²) < 4.78 is 0. The molecule has 5 heteroatoms. The molecule has 0 radical (unpaired) electrons. The zero-order valence-corrected chi connectivity index (χ0v) is 10.9. The molecule has 102 valence electrons. The molecule has 1 heterocycles. The van der Waals surface area contributed by atoms with Gasteiger partial charge in [0.05, 0.1) is 0 Å². The quantitative estimate of drug-likeness (QED) is 0.794. The summed E-state index contributed by atoms with van der Waals surface area (Å²) in [7, 11) is 0. The van der Waals surface area contributed by atoms with Gasteiger partial charge in [-0.05, 0) is 37.0 Å². The maximum Gasteiger partial charge on any atom is 0.309 e. The smallest absolute Gasteiger partial charge is 0.309 e. The maximum atomic E-state index is 11.6. The second-order valence-corrected chi connectivity index (χ2v) is 5.19. The van der Waals surface area contributed by atoms with Gasteiger partial charge in [-0.15, -0.1) is 0 Å². The summed E-state index contributed by atoms with van der Waals surface area (Å²) in [4.78, 5) is 26.6. The van der Waals surface area contributed by atoms with Crippen LogP contribution in [0.4, 0.5) is 0 Å². The first-order chi connectivity index (χ1) is 9.11. The van der Waals surface area contributed by atoms with Crippen molar-refractivity contribution >= 4 is 11.8 Å². The van der Waals surface area contributed by atoms with Crippen molar-refractivity contribution < 1.29 is 9.59 Å².